The molecule has 6 aromatic rings. The van der Waals surface area contributed by atoms with Gasteiger partial charge in [-0.25, -0.2) is 18.2 Å². The molecule has 0 spiro atoms. The number of H-pyrrole nitrogens is 1. The van der Waals surface area contributed by atoms with Gasteiger partial charge in [-0.15, -0.1) is 0 Å². The Morgan fingerprint density at radius 1 is 0.857 bits per heavy atom. The number of aromatic amines is 1. The molecule has 0 atom stereocenters. The second-order valence-corrected chi connectivity index (χ2v) is 13.8. The zero-order valence-electron chi connectivity index (χ0n) is 28.1. The summed E-state index contributed by atoms with van der Waals surface area (Å²) in [6.45, 7) is 1.19. The van der Waals surface area contributed by atoms with Crippen LogP contribution in [0, 0.1) is 0 Å². The quantitative estimate of drug-likeness (QED) is 0.109. The van der Waals surface area contributed by atoms with E-state index in [1.54, 1.807) is 30.3 Å². The first-order valence-electron chi connectivity index (χ1n) is 15.8. The number of nitrogens with one attached hydrogen (secondary N) is 1. The van der Waals surface area contributed by atoms with Crippen molar-refractivity contribution < 1.29 is 27.4 Å². The Kier molecular flexibility index (Phi) is 9.57. The highest BCUT2D eigenvalue weighted by Gasteiger charge is 2.27. The third-order valence-electron chi connectivity index (χ3n) is 8.45. The summed E-state index contributed by atoms with van der Waals surface area (Å²) in [6, 6.07) is 27.4. The number of esters is 1. The zero-order chi connectivity index (χ0) is 34.7. The van der Waals surface area contributed by atoms with E-state index < -0.39 is 10.0 Å². The highest BCUT2D eigenvalue weighted by Crippen LogP contribution is 2.42. The largest absolute Gasteiger partial charge is 0.497 e. The van der Waals surface area contributed by atoms with E-state index in [9.17, 15) is 13.2 Å². The van der Waals surface area contributed by atoms with Crippen molar-refractivity contribution in [3.63, 3.8) is 0 Å². The fraction of sp³-hybridized carbons (Fsp3) is 0.211. The molecule has 49 heavy (non-hydrogen) atoms. The number of sulfonamides is 1. The van der Waals surface area contributed by atoms with Crippen LogP contribution in [0.4, 0.5) is 5.69 Å². The normalized spacial score (nSPS) is 11.6. The second-order valence-electron chi connectivity index (χ2n) is 11.9. The van der Waals surface area contributed by atoms with Gasteiger partial charge in [-0.2, -0.15) is 0 Å². The van der Waals surface area contributed by atoms with Gasteiger partial charge in [0.1, 0.15) is 22.0 Å². The van der Waals surface area contributed by atoms with Crippen molar-refractivity contribution in [1.82, 2.24) is 14.9 Å². The predicted molar refractivity (Wildman–Crippen MR) is 193 cm³/mol. The molecule has 0 radical (unpaired) electrons. The first kappa shape index (κ1) is 33.5. The number of ether oxygens (including phenoxy) is 3. The van der Waals surface area contributed by atoms with Crippen molar-refractivity contribution in [2.75, 3.05) is 52.8 Å². The van der Waals surface area contributed by atoms with Crippen LogP contribution in [0.15, 0.2) is 102 Å². The summed E-state index contributed by atoms with van der Waals surface area (Å²) in [6.07, 6.45) is 2.58. The molecule has 4 aromatic carbocycles. The Morgan fingerprint density at radius 2 is 1.61 bits per heavy atom. The van der Waals surface area contributed by atoms with Crippen LogP contribution in [0.1, 0.15) is 16.8 Å². The van der Waals surface area contributed by atoms with E-state index in [1.807, 2.05) is 79.8 Å². The lowest BCUT2D eigenvalue weighted by Gasteiger charge is -2.21. The summed E-state index contributed by atoms with van der Waals surface area (Å²) in [5.74, 6) is 0.248. The molecule has 0 bridgehead atoms. The van der Waals surface area contributed by atoms with E-state index >= 15 is 0 Å². The van der Waals surface area contributed by atoms with Gasteiger partial charge >= 0.3 is 5.97 Å². The van der Waals surface area contributed by atoms with Gasteiger partial charge in [0, 0.05) is 53.3 Å². The number of methoxy groups -OCH3 is 2. The molecule has 0 unspecified atom stereocenters. The standard InChI is InChI=1S/C38H38N4O6S/c1-41(2)20-9-21-48-38(43)27-14-12-25(13-15-27)31-24-39-37-36(35(31)26-10-7-6-8-11-26)30-22-28(16-18-32(30)40-37)42(3)49(44,45)34-23-29(46-4)17-19-33(34)47-5/h6-8,10-19,22-24H,9,20-21H2,1-5H3,(H,39,40). The van der Waals surface area contributed by atoms with Gasteiger partial charge in [0.25, 0.3) is 10.0 Å². The maximum absolute atomic E-state index is 14.0. The van der Waals surface area contributed by atoms with Gasteiger partial charge in [0.15, 0.2) is 0 Å². The van der Waals surface area contributed by atoms with Gasteiger partial charge in [0.2, 0.25) is 0 Å². The molecule has 0 aliphatic carbocycles. The van der Waals surface area contributed by atoms with Crippen LogP contribution in [-0.4, -0.2) is 77.8 Å². The first-order chi connectivity index (χ1) is 23.6. The molecule has 0 fully saturated rings. The predicted octanol–water partition coefficient (Wildman–Crippen LogP) is 7.00. The molecule has 0 aliphatic rings. The third-order valence-corrected chi connectivity index (χ3v) is 10.3. The average Bonchev–Trinajstić information content (AvgIpc) is 3.50. The van der Waals surface area contributed by atoms with Crippen LogP contribution in [-0.2, 0) is 14.8 Å². The summed E-state index contributed by atoms with van der Waals surface area (Å²) in [7, 11) is 4.35. The Morgan fingerprint density at radius 3 is 2.31 bits per heavy atom. The van der Waals surface area contributed by atoms with Crippen LogP contribution in [0.5, 0.6) is 11.5 Å². The molecule has 10 nitrogen and oxygen atoms in total. The van der Waals surface area contributed by atoms with Crippen molar-refractivity contribution in [3.05, 3.63) is 103 Å². The lowest BCUT2D eigenvalue weighted by molar-refractivity contribution is 0.0493. The first-order valence-corrected chi connectivity index (χ1v) is 17.2. The zero-order valence-corrected chi connectivity index (χ0v) is 28.9. The molecule has 6 rings (SSSR count). The topological polar surface area (TPSA) is 114 Å². The Bertz CT molecular complexity index is 2230. The van der Waals surface area contributed by atoms with Crippen LogP contribution in [0.2, 0.25) is 0 Å². The molecular weight excluding hydrogens is 641 g/mol. The highest BCUT2D eigenvalue weighted by molar-refractivity contribution is 7.93. The van der Waals surface area contributed by atoms with Crippen molar-refractivity contribution in [2.45, 2.75) is 11.3 Å². The molecule has 0 amide bonds. The van der Waals surface area contributed by atoms with Crippen molar-refractivity contribution >= 4 is 43.6 Å². The smallest absolute Gasteiger partial charge is 0.338 e. The van der Waals surface area contributed by atoms with Crippen molar-refractivity contribution in [2.24, 2.45) is 0 Å². The second kappa shape index (κ2) is 14.0. The van der Waals surface area contributed by atoms with Gasteiger partial charge in [-0.1, -0.05) is 42.5 Å². The van der Waals surface area contributed by atoms with E-state index in [2.05, 4.69) is 4.98 Å². The maximum atomic E-state index is 14.0. The van der Waals surface area contributed by atoms with E-state index in [4.69, 9.17) is 19.2 Å². The van der Waals surface area contributed by atoms with Crippen LogP contribution < -0.4 is 13.8 Å². The summed E-state index contributed by atoms with van der Waals surface area (Å²) in [5, 5.41) is 1.65. The van der Waals surface area contributed by atoms with Crippen LogP contribution >= 0.6 is 0 Å². The summed E-state index contributed by atoms with van der Waals surface area (Å²) >= 11 is 0. The van der Waals surface area contributed by atoms with Crippen molar-refractivity contribution in [3.8, 4) is 33.8 Å². The van der Waals surface area contributed by atoms with Gasteiger partial charge in [-0.3, -0.25) is 4.31 Å². The van der Waals surface area contributed by atoms with E-state index in [0.717, 1.165) is 51.5 Å². The molecule has 1 N–H and O–H groups in total. The maximum Gasteiger partial charge on any atom is 0.338 e. The van der Waals surface area contributed by atoms with Crippen LogP contribution in [0.3, 0.4) is 0 Å². The highest BCUT2D eigenvalue weighted by atomic mass is 32.2. The molecule has 2 heterocycles. The number of hydrogen-bond acceptors (Lipinski definition) is 8. The van der Waals surface area contributed by atoms with Crippen LogP contribution in [0.25, 0.3) is 44.2 Å². The van der Waals surface area contributed by atoms with E-state index in [0.29, 0.717) is 29.3 Å². The number of anilines is 1. The summed E-state index contributed by atoms with van der Waals surface area (Å²) in [4.78, 5) is 23.0. The minimum Gasteiger partial charge on any atom is -0.497 e. The number of nitrogens with zero attached hydrogens (tertiary/aromatic N) is 3. The van der Waals surface area contributed by atoms with Gasteiger partial charge < -0.3 is 24.1 Å². The molecule has 0 saturated carbocycles. The molecule has 0 aliphatic heterocycles. The SMILES string of the molecule is COc1ccc(OC)c(S(=O)(=O)N(C)c2ccc3[nH]c4ncc(-c5ccc(C(=O)OCCCN(C)C)cc5)c(-c5ccccc5)c4c3c2)c1. The third kappa shape index (κ3) is 6.67. The minimum absolute atomic E-state index is 0.00862. The Labute approximate surface area is 285 Å². The monoisotopic (exact) mass is 678 g/mol. The number of carbonyl (C=O) groups excluding carboxylic acids is 1. The summed E-state index contributed by atoms with van der Waals surface area (Å²) in [5.41, 5.74) is 6.00. The molecular formula is C38H38N4O6S. The Balaban J connectivity index is 1.44. The fourth-order valence-corrected chi connectivity index (χ4v) is 7.21. The minimum atomic E-state index is -4.05. The van der Waals surface area contributed by atoms with Crippen molar-refractivity contribution in [1.29, 1.82) is 0 Å². The number of carbonyl (C=O) groups is 1. The Hall–Kier alpha value is -5.39. The number of rotatable bonds is 12. The number of fused-ring (bicyclic) bond motifs is 3. The average molecular weight is 679 g/mol. The fourth-order valence-electron chi connectivity index (χ4n) is 5.85. The number of hydrogen-bond donors (Lipinski definition) is 1. The lowest BCUT2D eigenvalue weighted by Crippen LogP contribution is -2.27. The summed E-state index contributed by atoms with van der Waals surface area (Å²) < 4.78 is 45.3. The molecule has 2 aromatic heterocycles. The number of pyridine rings is 1. The molecule has 0 saturated heterocycles. The van der Waals surface area contributed by atoms with E-state index in [-0.39, 0.29) is 16.6 Å². The lowest BCUT2D eigenvalue weighted by atomic mass is 9.92. The van der Waals surface area contributed by atoms with Gasteiger partial charge in [-0.05, 0) is 74.1 Å². The molecule has 11 heteroatoms. The number of aromatic nitrogens is 2. The molecule has 252 valence electrons. The number of benzene rings is 4. The van der Waals surface area contributed by atoms with Gasteiger partial charge in [0.05, 0.1) is 32.1 Å². The van der Waals surface area contributed by atoms with E-state index in [1.165, 1.54) is 31.6 Å².